The molecule has 1 aromatic rings. The predicted octanol–water partition coefficient (Wildman–Crippen LogP) is 2.68. The van der Waals surface area contributed by atoms with Crippen molar-refractivity contribution in [2.24, 2.45) is 0 Å². The molecule has 6 heteroatoms. The molecule has 1 saturated heterocycles. The van der Waals surface area contributed by atoms with E-state index in [4.69, 9.17) is 0 Å². The number of carbonyl (C=O) groups is 3. The predicted molar refractivity (Wildman–Crippen MR) is 103 cm³/mol. The number of hydrogen-bond donors (Lipinski definition) is 1. The Kier molecular flexibility index (Phi) is 6.14. The first-order chi connectivity index (χ1) is 13.0. The van der Waals surface area contributed by atoms with Gasteiger partial charge < -0.3 is 10.2 Å². The number of amides is 4. The van der Waals surface area contributed by atoms with Crippen molar-refractivity contribution in [2.45, 2.75) is 50.4 Å². The highest BCUT2D eigenvalue weighted by Crippen LogP contribution is 2.38. The maximum Gasteiger partial charge on any atom is 0.326 e. The van der Waals surface area contributed by atoms with E-state index in [-0.39, 0.29) is 29.8 Å². The molecule has 1 saturated carbocycles. The number of hydrogen-bond acceptors (Lipinski definition) is 3. The summed E-state index contributed by atoms with van der Waals surface area (Å²) in [5.41, 5.74) is 1.33. The molecule has 4 amide bonds. The lowest BCUT2D eigenvalue weighted by Crippen LogP contribution is -2.42. The van der Waals surface area contributed by atoms with Crippen LogP contribution >= 0.6 is 0 Å². The SMILES string of the molecule is CN1CC(=O)N(CCCC(=O)NCC2(c3ccccc3)CCCCC2)C1=O. The second-order valence-corrected chi connectivity index (χ2v) is 7.77. The third-order valence-corrected chi connectivity index (χ3v) is 5.84. The lowest BCUT2D eigenvalue weighted by Gasteiger charge is -2.38. The zero-order chi connectivity index (χ0) is 19.3. The lowest BCUT2D eigenvalue weighted by molar-refractivity contribution is -0.126. The molecule has 146 valence electrons. The van der Waals surface area contributed by atoms with Gasteiger partial charge in [-0.2, -0.15) is 0 Å². The average Bonchev–Trinajstić information content (AvgIpc) is 2.94. The number of nitrogens with zero attached hydrogens (tertiary/aromatic N) is 2. The monoisotopic (exact) mass is 371 g/mol. The minimum atomic E-state index is -0.273. The normalized spacial score (nSPS) is 19.4. The molecule has 0 aromatic heterocycles. The van der Waals surface area contributed by atoms with Crippen molar-refractivity contribution in [1.82, 2.24) is 15.1 Å². The zero-order valence-electron chi connectivity index (χ0n) is 16.1. The van der Waals surface area contributed by atoms with Gasteiger partial charge in [0, 0.05) is 32.0 Å². The standard InChI is InChI=1S/C21H29N3O3/c1-23-15-19(26)24(20(23)27)14-8-11-18(25)22-16-21(12-6-3-7-13-21)17-9-4-2-5-10-17/h2,4-5,9-10H,3,6-8,11-16H2,1H3,(H,22,25). The Labute approximate surface area is 160 Å². The Bertz CT molecular complexity index is 683. The van der Waals surface area contributed by atoms with Crippen molar-refractivity contribution in [3.63, 3.8) is 0 Å². The number of nitrogens with one attached hydrogen (secondary N) is 1. The summed E-state index contributed by atoms with van der Waals surface area (Å²) in [5.74, 6) is -0.198. The van der Waals surface area contributed by atoms with E-state index in [9.17, 15) is 14.4 Å². The maximum atomic E-state index is 12.4. The number of imide groups is 1. The Morgan fingerprint density at radius 3 is 2.44 bits per heavy atom. The fourth-order valence-electron chi connectivity index (χ4n) is 4.23. The molecule has 0 spiro atoms. The van der Waals surface area contributed by atoms with Gasteiger partial charge in [0.1, 0.15) is 6.54 Å². The second-order valence-electron chi connectivity index (χ2n) is 7.77. The van der Waals surface area contributed by atoms with Crippen LogP contribution in [0.1, 0.15) is 50.5 Å². The van der Waals surface area contributed by atoms with E-state index in [0.29, 0.717) is 25.9 Å². The van der Waals surface area contributed by atoms with Crippen molar-refractivity contribution < 1.29 is 14.4 Å². The molecule has 0 unspecified atom stereocenters. The third-order valence-electron chi connectivity index (χ3n) is 5.84. The molecule has 1 aromatic carbocycles. The van der Waals surface area contributed by atoms with Crippen LogP contribution in [0.4, 0.5) is 4.79 Å². The average molecular weight is 371 g/mol. The van der Waals surface area contributed by atoms with E-state index in [0.717, 1.165) is 12.8 Å². The van der Waals surface area contributed by atoms with Crippen molar-refractivity contribution in [1.29, 1.82) is 0 Å². The molecule has 1 aliphatic heterocycles. The highest BCUT2D eigenvalue weighted by molar-refractivity contribution is 6.01. The zero-order valence-corrected chi connectivity index (χ0v) is 16.1. The van der Waals surface area contributed by atoms with Crippen molar-refractivity contribution >= 4 is 17.8 Å². The molecule has 1 heterocycles. The number of likely N-dealkylation sites (N-methyl/N-ethyl adjacent to an activating group) is 1. The Morgan fingerprint density at radius 1 is 1.11 bits per heavy atom. The highest BCUT2D eigenvalue weighted by Gasteiger charge is 2.35. The van der Waals surface area contributed by atoms with Gasteiger partial charge in [0.05, 0.1) is 0 Å². The van der Waals surface area contributed by atoms with Crippen LogP contribution in [0.2, 0.25) is 0 Å². The minimum absolute atomic E-state index is 0.0108. The molecule has 0 bridgehead atoms. The van der Waals surface area contributed by atoms with Gasteiger partial charge >= 0.3 is 6.03 Å². The lowest BCUT2D eigenvalue weighted by atomic mass is 9.69. The van der Waals surface area contributed by atoms with Gasteiger partial charge in [-0.25, -0.2) is 4.79 Å². The summed E-state index contributed by atoms with van der Waals surface area (Å²) in [4.78, 5) is 38.6. The smallest absolute Gasteiger partial charge is 0.326 e. The van der Waals surface area contributed by atoms with Crippen LogP contribution in [-0.4, -0.2) is 54.3 Å². The number of urea groups is 1. The van der Waals surface area contributed by atoms with Crippen molar-refractivity contribution in [2.75, 3.05) is 26.7 Å². The van der Waals surface area contributed by atoms with E-state index in [1.807, 2.05) is 6.07 Å². The summed E-state index contributed by atoms with van der Waals surface area (Å²) >= 11 is 0. The largest absolute Gasteiger partial charge is 0.355 e. The first-order valence-electron chi connectivity index (χ1n) is 9.89. The molecule has 1 aliphatic carbocycles. The maximum absolute atomic E-state index is 12.4. The molecule has 0 atom stereocenters. The van der Waals surface area contributed by atoms with Gasteiger partial charge in [0.25, 0.3) is 0 Å². The fourth-order valence-corrected chi connectivity index (χ4v) is 4.23. The van der Waals surface area contributed by atoms with E-state index < -0.39 is 0 Å². The van der Waals surface area contributed by atoms with Gasteiger partial charge in [-0.05, 0) is 24.8 Å². The van der Waals surface area contributed by atoms with Crippen molar-refractivity contribution in [3.05, 3.63) is 35.9 Å². The third kappa shape index (κ3) is 4.49. The molecule has 0 radical (unpaired) electrons. The molecular weight excluding hydrogens is 342 g/mol. The van der Waals surface area contributed by atoms with Crippen LogP contribution in [-0.2, 0) is 15.0 Å². The molecular formula is C21H29N3O3. The van der Waals surface area contributed by atoms with Crippen LogP contribution in [0.25, 0.3) is 0 Å². The van der Waals surface area contributed by atoms with Crippen LogP contribution in [0.15, 0.2) is 30.3 Å². The Hall–Kier alpha value is -2.37. The first kappa shape index (κ1) is 19.4. The van der Waals surface area contributed by atoms with Gasteiger partial charge in [0.2, 0.25) is 11.8 Å². The summed E-state index contributed by atoms with van der Waals surface area (Å²) in [6.45, 7) is 1.09. The van der Waals surface area contributed by atoms with E-state index in [1.54, 1.807) is 7.05 Å². The summed E-state index contributed by atoms with van der Waals surface area (Å²) in [5, 5.41) is 3.11. The molecule has 3 rings (SSSR count). The number of benzene rings is 1. The van der Waals surface area contributed by atoms with Gasteiger partial charge in [-0.1, -0.05) is 49.6 Å². The van der Waals surface area contributed by atoms with Crippen LogP contribution in [0.5, 0.6) is 0 Å². The number of carbonyl (C=O) groups excluding carboxylic acids is 3. The van der Waals surface area contributed by atoms with Crippen molar-refractivity contribution in [3.8, 4) is 0 Å². The van der Waals surface area contributed by atoms with Crippen LogP contribution in [0.3, 0.4) is 0 Å². The Balaban J connectivity index is 1.50. The topological polar surface area (TPSA) is 69.7 Å². The quantitative estimate of drug-likeness (QED) is 0.749. The van der Waals surface area contributed by atoms with E-state index in [1.165, 1.54) is 34.6 Å². The summed E-state index contributed by atoms with van der Waals surface area (Å²) in [7, 11) is 1.61. The molecule has 2 fully saturated rings. The molecule has 2 aliphatic rings. The number of rotatable bonds is 7. The van der Waals surface area contributed by atoms with Gasteiger partial charge in [0.15, 0.2) is 0 Å². The van der Waals surface area contributed by atoms with E-state index >= 15 is 0 Å². The summed E-state index contributed by atoms with van der Waals surface area (Å²) in [6.07, 6.45) is 6.66. The van der Waals surface area contributed by atoms with Gasteiger partial charge in [-0.15, -0.1) is 0 Å². The summed E-state index contributed by atoms with van der Waals surface area (Å²) < 4.78 is 0. The van der Waals surface area contributed by atoms with Gasteiger partial charge in [-0.3, -0.25) is 14.5 Å². The highest BCUT2D eigenvalue weighted by atomic mass is 16.2. The molecule has 27 heavy (non-hydrogen) atoms. The minimum Gasteiger partial charge on any atom is -0.355 e. The molecule has 6 nitrogen and oxygen atoms in total. The van der Waals surface area contributed by atoms with Crippen LogP contribution < -0.4 is 5.32 Å². The molecule has 1 N–H and O–H groups in total. The van der Waals surface area contributed by atoms with Crippen LogP contribution in [0, 0.1) is 0 Å². The Morgan fingerprint density at radius 2 is 1.81 bits per heavy atom. The summed E-state index contributed by atoms with van der Waals surface area (Å²) in [6, 6.07) is 10.2. The first-order valence-corrected chi connectivity index (χ1v) is 9.89. The van der Waals surface area contributed by atoms with E-state index in [2.05, 4.69) is 29.6 Å². The fraction of sp³-hybridized carbons (Fsp3) is 0.571. The second kappa shape index (κ2) is 8.55.